The summed E-state index contributed by atoms with van der Waals surface area (Å²) in [7, 11) is -2.38. The van der Waals surface area contributed by atoms with Crippen molar-refractivity contribution in [3.8, 4) is 0 Å². The van der Waals surface area contributed by atoms with E-state index in [-0.39, 0.29) is 58.9 Å². The third-order valence-electron chi connectivity index (χ3n) is 7.17. The number of halogens is 3. The number of aryl methyl sites for hydroxylation is 3. The molecule has 5 rings (SSSR count). The molecule has 0 aromatic heterocycles. The second-order valence-corrected chi connectivity index (χ2v) is 13.2. The SMILES string of the molecule is Cc1cccc([Si](c2cccc(C)c2)(c2cccc(C)c2)[C-]2CCC3CC=CC=C23)c1.[Cl-].[Cl-].[Cl-].[Ti+4]. The summed E-state index contributed by atoms with van der Waals surface area (Å²) in [5, 5.41) is 4.57. The summed E-state index contributed by atoms with van der Waals surface area (Å²) >= 11 is 0. The number of hydrogen-bond acceptors (Lipinski definition) is 0. The van der Waals surface area contributed by atoms with E-state index >= 15 is 0 Å². The van der Waals surface area contributed by atoms with Crippen LogP contribution in [0.25, 0.3) is 0 Å². The van der Waals surface area contributed by atoms with Crippen molar-refractivity contribution in [2.24, 2.45) is 5.92 Å². The number of hydrogen-bond donors (Lipinski definition) is 0. The number of fused-ring (bicyclic) bond motifs is 1. The molecule has 1 unspecified atom stereocenters. The van der Waals surface area contributed by atoms with Gasteiger partial charge >= 0.3 is 21.7 Å². The molecular formula is C30H31Cl3SiTi. The predicted octanol–water partition coefficient (Wildman–Crippen LogP) is -3.50. The standard InChI is InChI=1S/C30H31Si.3ClH.Ti/c1-22-9-6-13-26(19-22)31(27-14-7-10-23(2)20-27,28-15-8-11-24(3)21-28)30-18-17-25-12-4-5-16-29(25)30;;;;/h4-11,13-16,19-21,25H,12,17-18H2,1-3H3;3*1H;/q-1;;;;+4/p-3. The molecule has 0 radical (unpaired) electrons. The Balaban J connectivity index is 0.00000153. The smallest absolute Gasteiger partial charge is 1.00 e. The van der Waals surface area contributed by atoms with Crippen LogP contribution in [0.2, 0.25) is 0 Å². The maximum absolute atomic E-state index is 2.47. The van der Waals surface area contributed by atoms with Gasteiger partial charge in [-0.05, 0) is 33.1 Å². The molecule has 0 amide bonds. The molecule has 1 saturated carbocycles. The molecule has 0 aliphatic heterocycles. The van der Waals surface area contributed by atoms with E-state index in [4.69, 9.17) is 0 Å². The first kappa shape index (κ1) is 31.8. The average Bonchev–Trinajstić information content (AvgIpc) is 3.19. The van der Waals surface area contributed by atoms with Crippen LogP contribution in [0.4, 0.5) is 0 Å². The third kappa shape index (κ3) is 5.88. The number of benzene rings is 3. The maximum atomic E-state index is 2.47. The van der Waals surface area contributed by atoms with Gasteiger partial charge in [0.25, 0.3) is 0 Å². The van der Waals surface area contributed by atoms with Gasteiger partial charge in [-0.1, -0.05) is 118 Å². The fraction of sp³-hybridized carbons (Fsp3) is 0.233. The van der Waals surface area contributed by atoms with Gasteiger partial charge in [-0.3, -0.25) is 0 Å². The van der Waals surface area contributed by atoms with Crippen molar-refractivity contribution in [3.63, 3.8) is 0 Å². The Bertz CT molecular complexity index is 1080. The molecular weight excluding hydrogens is 543 g/mol. The second kappa shape index (κ2) is 13.4. The summed E-state index contributed by atoms with van der Waals surface area (Å²) in [6, 6.07) is 28.1. The molecule has 0 bridgehead atoms. The normalized spacial score (nSPS) is 16.0. The first-order valence-electron chi connectivity index (χ1n) is 11.5. The summed E-state index contributed by atoms with van der Waals surface area (Å²) in [4.78, 5) is 0. The Labute approximate surface area is 245 Å². The van der Waals surface area contributed by atoms with E-state index in [0.29, 0.717) is 5.92 Å². The molecule has 0 nitrogen and oxygen atoms in total. The van der Waals surface area contributed by atoms with E-state index in [1.54, 1.807) is 11.1 Å². The van der Waals surface area contributed by atoms with Gasteiger partial charge in [0.15, 0.2) is 0 Å². The molecule has 0 spiro atoms. The first-order valence-corrected chi connectivity index (χ1v) is 13.5. The molecule has 5 heteroatoms. The predicted molar refractivity (Wildman–Crippen MR) is 136 cm³/mol. The summed E-state index contributed by atoms with van der Waals surface area (Å²) < 4.78 is 0. The van der Waals surface area contributed by atoms with Gasteiger partial charge in [-0.15, -0.1) is 12.2 Å². The van der Waals surface area contributed by atoms with Crippen molar-refractivity contribution in [2.75, 3.05) is 0 Å². The Hall–Kier alpha value is -1.19. The minimum Gasteiger partial charge on any atom is -1.00 e. The summed E-state index contributed by atoms with van der Waals surface area (Å²) in [6.45, 7) is 6.71. The van der Waals surface area contributed by atoms with Crippen LogP contribution in [0.15, 0.2) is 96.6 Å². The Kier molecular flexibility index (Phi) is 12.2. The molecule has 3 aromatic rings. The average molecular weight is 574 g/mol. The van der Waals surface area contributed by atoms with Gasteiger partial charge < -0.3 is 37.2 Å². The molecule has 2 aliphatic carbocycles. The van der Waals surface area contributed by atoms with Gasteiger partial charge in [-0.25, -0.2) is 17.2 Å². The van der Waals surface area contributed by atoms with E-state index < -0.39 is 8.07 Å². The number of rotatable bonds is 4. The van der Waals surface area contributed by atoms with Gasteiger partial charge in [-0.2, -0.15) is 0 Å². The van der Waals surface area contributed by atoms with E-state index in [1.165, 1.54) is 51.5 Å². The van der Waals surface area contributed by atoms with Crippen LogP contribution in [0, 0.1) is 32.2 Å². The Morgan fingerprint density at radius 2 is 1.17 bits per heavy atom. The molecule has 3 aromatic carbocycles. The van der Waals surface area contributed by atoms with Crippen molar-refractivity contribution in [1.29, 1.82) is 0 Å². The Morgan fingerprint density at radius 3 is 1.60 bits per heavy atom. The van der Waals surface area contributed by atoms with Crippen LogP contribution in [0.3, 0.4) is 0 Å². The molecule has 2 aliphatic rings. The van der Waals surface area contributed by atoms with Crippen LogP contribution in [0.5, 0.6) is 0 Å². The third-order valence-corrected chi connectivity index (χ3v) is 12.1. The molecule has 35 heavy (non-hydrogen) atoms. The van der Waals surface area contributed by atoms with Crippen molar-refractivity contribution in [3.05, 3.63) is 119 Å². The molecule has 0 saturated heterocycles. The monoisotopic (exact) mass is 572 g/mol. The van der Waals surface area contributed by atoms with Crippen LogP contribution >= 0.6 is 0 Å². The van der Waals surface area contributed by atoms with Crippen molar-refractivity contribution in [1.82, 2.24) is 0 Å². The van der Waals surface area contributed by atoms with E-state index in [2.05, 4.69) is 112 Å². The fourth-order valence-corrected chi connectivity index (χ4v) is 11.5. The Morgan fingerprint density at radius 1 is 0.714 bits per heavy atom. The molecule has 180 valence electrons. The quantitative estimate of drug-likeness (QED) is 0.173. The molecule has 1 atom stereocenters. The minimum absolute atomic E-state index is 0. The van der Waals surface area contributed by atoms with E-state index in [0.717, 1.165) is 0 Å². The topological polar surface area (TPSA) is 0 Å². The minimum atomic E-state index is -2.38. The van der Waals surface area contributed by atoms with Crippen molar-refractivity contribution < 1.29 is 58.9 Å². The van der Waals surface area contributed by atoms with Crippen LogP contribution < -0.4 is 52.8 Å². The fourth-order valence-electron chi connectivity index (χ4n) is 5.82. The van der Waals surface area contributed by atoms with Crippen LogP contribution in [-0.4, -0.2) is 8.07 Å². The van der Waals surface area contributed by atoms with Crippen molar-refractivity contribution >= 4 is 23.6 Å². The zero-order chi connectivity index (χ0) is 21.4. The zero-order valence-corrected chi connectivity index (χ0v) is 25.3. The van der Waals surface area contributed by atoms with Crippen LogP contribution in [0.1, 0.15) is 36.0 Å². The van der Waals surface area contributed by atoms with Crippen LogP contribution in [-0.2, 0) is 21.7 Å². The second-order valence-electron chi connectivity index (χ2n) is 9.36. The summed E-state index contributed by atoms with van der Waals surface area (Å²) in [6.07, 6.45) is 10.8. The van der Waals surface area contributed by atoms with Gasteiger partial charge in [0.2, 0.25) is 0 Å². The van der Waals surface area contributed by atoms with Gasteiger partial charge in [0.05, 0.1) is 8.07 Å². The zero-order valence-electron chi connectivity index (χ0n) is 20.5. The van der Waals surface area contributed by atoms with Crippen molar-refractivity contribution in [2.45, 2.75) is 40.0 Å². The van der Waals surface area contributed by atoms with E-state index in [1.807, 2.05) is 0 Å². The maximum Gasteiger partial charge on any atom is 4.00 e. The van der Waals surface area contributed by atoms with Gasteiger partial charge in [0.1, 0.15) is 0 Å². The number of allylic oxidation sites excluding steroid dienone is 4. The first-order chi connectivity index (χ1) is 15.1. The van der Waals surface area contributed by atoms with E-state index in [9.17, 15) is 0 Å². The summed E-state index contributed by atoms with van der Waals surface area (Å²) in [5.74, 6) is 0.686. The molecule has 0 heterocycles. The molecule has 0 N–H and O–H groups in total. The largest absolute Gasteiger partial charge is 4.00 e. The molecule has 1 fully saturated rings. The summed E-state index contributed by atoms with van der Waals surface area (Å²) in [5.41, 5.74) is 7.40. The van der Waals surface area contributed by atoms with Gasteiger partial charge in [0, 0.05) is 0 Å².